The molecule has 15 heteroatoms. The van der Waals surface area contributed by atoms with Gasteiger partial charge in [0.05, 0.1) is 31.6 Å². The Morgan fingerprint density at radius 2 is 1.68 bits per heavy atom. The van der Waals surface area contributed by atoms with Crippen molar-refractivity contribution < 1.29 is 45.7 Å². The zero-order chi connectivity index (χ0) is 31.8. The van der Waals surface area contributed by atoms with Crippen LogP contribution in [0.4, 0.5) is 26.3 Å². The monoisotopic (exact) mass is 623 g/mol. The van der Waals surface area contributed by atoms with Gasteiger partial charge in [-0.3, -0.25) is 9.69 Å². The molecule has 0 spiro atoms. The number of alkyl halides is 6. The Morgan fingerprint density at radius 1 is 1.00 bits per heavy atom. The minimum atomic E-state index is -4.87. The summed E-state index contributed by atoms with van der Waals surface area (Å²) < 4.78 is 90.6. The lowest BCUT2D eigenvalue weighted by Gasteiger charge is -2.38. The summed E-state index contributed by atoms with van der Waals surface area (Å²) >= 11 is 0. The maximum Gasteiger partial charge on any atom is 0.573 e. The van der Waals surface area contributed by atoms with Crippen LogP contribution in [0, 0.1) is 6.92 Å². The number of hydrogen-bond donors (Lipinski definition) is 1. The zero-order valence-corrected chi connectivity index (χ0v) is 23.5. The molecule has 1 atom stereocenters. The molecule has 0 unspecified atom stereocenters. The van der Waals surface area contributed by atoms with Crippen LogP contribution < -0.4 is 9.47 Å². The van der Waals surface area contributed by atoms with Crippen LogP contribution in [0.5, 0.6) is 11.5 Å². The smallest absolute Gasteiger partial charge is 0.497 e. The van der Waals surface area contributed by atoms with Crippen LogP contribution in [0.3, 0.4) is 0 Å². The number of aromatic nitrogens is 3. The first-order valence-corrected chi connectivity index (χ1v) is 13.4. The van der Waals surface area contributed by atoms with E-state index in [4.69, 9.17) is 4.74 Å². The summed E-state index contributed by atoms with van der Waals surface area (Å²) in [6.45, 7) is 1.62. The molecule has 9 nitrogen and oxygen atoms in total. The molecule has 1 aliphatic rings. The number of nitrogens with zero attached hydrogens (tertiary/aromatic N) is 5. The first kappa shape index (κ1) is 31.1. The Labute approximate surface area is 247 Å². The van der Waals surface area contributed by atoms with Gasteiger partial charge in [0, 0.05) is 37.3 Å². The van der Waals surface area contributed by atoms with Gasteiger partial charge in [-0.25, -0.2) is 9.50 Å². The average molecular weight is 624 g/mol. The van der Waals surface area contributed by atoms with E-state index in [0.29, 0.717) is 21.4 Å². The average Bonchev–Trinajstić information content (AvgIpc) is 3.39. The Morgan fingerprint density at radius 3 is 2.27 bits per heavy atom. The fraction of sp³-hybridized carbons (Fsp3) is 0.345. The number of carbonyl (C=O) groups is 1. The highest BCUT2D eigenvalue weighted by Crippen LogP contribution is 2.37. The lowest BCUT2D eigenvalue weighted by molar-refractivity contribution is -0.274. The number of halogens is 6. The number of carbonyl (C=O) groups excluding carboxylic acids is 1. The van der Waals surface area contributed by atoms with Crippen molar-refractivity contribution in [2.24, 2.45) is 0 Å². The number of ether oxygens (including phenoxy) is 2. The van der Waals surface area contributed by atoms with E-state index < -0.39 is 42.5 Å². The topological polar surface area (TPSA) is 92.4 Å². The van der Waals surface area contributed by atoms with E-state index in [9.17, 15) is 36.2 Å². The molecule has 1 fully saturated rings. The summed E-state index contributed by atoms with van der Waals surface area (Å²) in [5.74, 6) is -0.495. The molecule has 0 radical (unpaired) electrons. The number of amides is 1. The highest BCUT2D eigenvalue weighted by Gasteiger charge is 2.39. The summed E-state index contributed by atoms with van der Waals surface area (Å²) in [5.41, 5.74) is -0.767. The van der Waals surface area contributed by atoms with Gasteiger partial charge in [-0.1, -0.05) is 12.1 Å². The number of benzene rings is 2. The normalized spacial score (nSPS) is 15.4. The molecule has 44 heavy (non-hydrogen) atoms. The Kier molecular flexibility index (Phi) is 8.44. The molecule has 2 aromatic carbocycles. The van der Waals surface area contributed by atoms with E-state index in [1.807, 2.05) is 0 Å². The van der Waals surface area contributed by atoms with Gasteiger partial charge >= 0.3 is 12.5 Å². The predicted molar refractivity (Wildman–Crippen MR) is 145 cm³/mol. The number of aliphatic hydroxyl groups excluding tert-OH is 1. The summed E-state index contributed by atoms with van der Waals surface area (Å²) in [6, 6.07) is 10.9. The van der Waals surface area contributed by atoms with Crippen LogP contribution in [0.25, 0.3) is 16.9 Å². The third-order valence-corrected chi connectivity index (χ3v) is 7.44. The van der Waals surface area contributed by atoms with Crippen LogP contribution in [0.15, 0.2) is 54.7 Å². The van der Waals surface area contributed by atoms with E-state index in [-0.39, 0.29) is 48.6 Å². The zero-order valence-electron chi connectivity index (χ0n) is 23.5. The molecule has 2 aromatic heterocycles. The van der Waals surface area contributed by atoms with Crippen LogP contribution in [-0.4, -0.2) is 81.7 Å². The lowest BCUT2D eigenvalue weighted by atomic mass is 10.0. The number of aliphatic hydroxyl groups is 1. The lowest BCUT2D eigenvalue weighted by Crippen LogP contribution is -2.50. The van der Waals surface area contributed by atoms with Crippen molar-refractivity contribution >= 4 is 11.6 Å². The first-order chi connectivity index (χ1) is 20.8. The molecule has 3 heterocycles. The SMILES string of the molecule is COc1ccc(-c2nc3c(C(=O)N4CCN([C@H](CO)c5cccc(OC(F)(F)F)c5)CC4)cnn3c(C(F)(F)F)c2C)cc1. The summed E-state index contributed by atoms with van der Waals surface area (Å²) in [4.78, 5) is 21.3. The van der Waals surface area contributed by atoms with Gasteiger partial charge in [-0.15, -0.1) is 13.2 Å². The van der Waals surface area contributed by atoms with Gasteiger partial charge < -0.3 is 19.5 Å². The standard InChI is InChI=1S/C29H27F6N5O4/c1-17-24(18-6-8-20(43-2)9-7-18)37-26-22(15-36-40(26)25(17)28(30,31)32)27(42)39-12-10-38(11-13-39)23(16-41)19-4-3-5-21(14-19)44-29(33,34)35/h3-9,14-15,23,41H,10-13,16H2,1-2H3/t23-/m1/s1. The second kappa shape index (κ2) is 12.0. The number of methoxy groups -OCH3 is 1. The molecule has 0 aliphatic carbocycles. The highest BCUT2D eigenvalue weighted by molar-refractivity contribution is 6.00. The third kappa shape index (κ3) is 6.28. The summed E-state index contributed by atoms with van der Waals surface area (Å²) in [6.07, 6.45) is -8.61. The van der Waals surface area contributed by atoms with Crippen molar-refractivity contribution in [3.05, 3.63) is 77.1 Å². The van der Waals surface area contributed by atoms with Gasteiger partial charge in [-0.05, 0) is 48.9 Å². The fourth-order valence-electron chi connectivity index (χ4n) is 5.35. The molecule has 1 amide bonds. The van der Waals surface area contributed by atoms with Gasteiger partial charge in [0.1, 0.15) is 17.1 Å². The second-order valence-corrected chi connectivity index (χ2v) is 10.1. The van der Waals surface area contributed by atoms with Crippen molar-refractivity contribution in [3.8, 4) is 22.8 Å². The summed E-state index contributed by atoms with van der Waals surface area (Å²) in [5, 5.41) is 13.9. The molecule has 0 bridgehead atoms. The number of hydrogen-bond acceptors (Lipinski definition) is 7. The van der Waals surface area contributed by atoms with Crippen molar-refractivity contribution in [1.29, 1.82) is 0 Å². The molecule has 0 saturated carbocycles. The molecule has 1 aliphatic heterocycles. The van der Waals surface area contributed by atoms with Crippen LogP contribution in [-0.2, 0) is 6.18 Å². The van der Waals surface area contributed by atoms with Gasteiger partial charge in [0.15, 0.2) is 11.3 Å². The molecule has 4 aromatic rings. The van der Waals surface area contributed by atoms with Gasteiger partial charge in [-0.2, -0.15) is 18.3 Å². The number of fused-ring (bicyclic) bond motifs is 1. The van der Waals surface area contributed by atoms with Crippen LogP contribution in [0.2, 0.25) is 0 Å². The van der Waals surface area contributed by atoms with Crippen molar-refractivity contribution in [2.45, 2.75) is 25.5 Å². The van der Waals surface area contributed by atoms with E-state index in [1.165, 1.54) is 31.1 Å². The Balaban J connectivity index is 1.40. The highest BCUT2D eigenvalue weighted by atomic mass is 19.4. The minimum Gasteiger partial charge on any atom is -0.497 e. The minimum absolute atomic E-state index is 0.0365. The quantitative estimate of drug-likeness (QED) is 0.286. The maximum absolute atomic E-state index is 14.3. The van der Waals surface area contributed by atoms with E-state index in [1.54, 1.807) is 35.2 Å². The first-order valence-electron chi connectivity index (χ1n) is 13.4. The Hall–Kier alpha value is -4.37. The van der Waals surface area contributed by atoms with E-state index >= 15 is 0 Å². The molecular formula is C29H27F6N5O4. The maximum atomic E-state index is 14.3. The summed E-state index contributed by atoms with van der Waals surface area (Å²) in [7, 11) is 1.46. The van der Waals surface area contributed by atoms with Gasteiger partial charge in [0.25, 0.3) is 5.91 Å². The molecule has 1 N–H and O–H groups in total. The predicted octanol–water partition coefficient (Wildman–Crippen LogP) is 5.12. The van der Waals surface area contributed by atoms with E-state index in [0.717, 1.165) is 12.3 Å². The van der Waals surface area contributed by atoms with Gasteiger partial charge in [0.2, 0.25) is 0 Å². The third-order valence-electron chi connectivity index (χ3n) is 7.44. The van der Waals surface area contributed by atoms with Crippen LogP contribution >= 0.6 is 0 Å². The number of piperazine rings is 1. The largest absolute Gasteiger partial charge is 0.573 e. The van der Waals surface area contributed by atoms with E-state index in [2.05, 4.69) is 14.8 Å². The van der Waals surface area contributed by atoms with Crippen molar-refractivity contribution in [3.63, 3.8) is 0 Å². The molecule has 234 valence electrons. The number of rotatable bonds is 7. The fourth-order valence-corrected chi connectivity index (χ4v) is 5.35. The Bertz CT molecular complexity index is 1650. The molecule has 1 saturated heterocycles. The second-order valence-electron chi connectivity index (χ2n) is 10.1. The molecular weight excluding hydrogens is 596 g/mol. The molecule has 5 rings (SSSR count). The van der Waals surface area contributed by atoms with Crippen LogP contribution in [0.1, 0.15) is 33.2 Å². The van der Waals surface area contributed by atoms with Crippen molar-refractivity contribution in [2.75, 3.05) is 39.9 Å². The van der Waals surface area contributed by atoms with Crippen molar-refractivity contribution in [1.82, 2.24) is 24.4 Å².